The highest BCUT2D eigenvalue weighted by Crippen LogP contribution is 2.56. The highest BCUT2D eigenvalue weighted by Gasteiger charge is 2.42. The number of benzene rings is 2. The van der Waals surface area contributed by atoms with Gasteiger partial charge in [-0.05, 0) is 83.6 Å². The van der Waals surface area contributed by atoms with Gasteiger partial charge in [-0.1, -0.05) is 36.4 Å². The predicted octanol–water partition coefficient (Wildman–Crippen LogP) is 7.33. The Kier molecular flexibility index (Phi) is 5.32. The number of fused-ring (bicyclic) bond motifs is 1. The summed E-state index contributed by atoms with van der Waals surface area (Å²) in [4.78, 5) is 0. The van der Waals surface area contributed by atoms with Gasteiger partial charge in [0, 0.05) is 72.0 Å². The molecule has 0 atom stereocenters. The molecule has 0 unspecified atom stereocenters. The zero-order valence-corrected chi connectivity index (χ0v) is 22.7. The van der Waals surface area contributed by atoms with Crippen LogP contribution in [0.1, 0.15) is 46.9 Å². The van der Waals surface area contributed by atoms with E-state index >= 15 is 0 Å². The lowest BCUT2D eigenvalue weighted by atomic mass is 9.64. The number of hydrogen-bond donors (Lipinski definition) is 0. The van der Waals surface area contributed by atoms with Gasteiger partial charge in [0.05, 0.1) is 0 Å². The van der Waals surface area contributed by atoms with Gasteiger partial charge in [-0.2, -0.15) is 0 Å². The largest absolute Gasteiger partial charge is 0.312 e. The molecule has 3 aliphatic rings. The van der Waals surface area contributed by atoms with Gasteiger partial charge in [0.15, 0.2) is 0 Å². The van der Waals surface area contributed by atoms with Crippen LogP contribution in [0.15, 0.2) is 135 Å². The summed E-state index contributed by atoms with van der Waals surface area (Å²) in [6.45, 7) is 0. The maximum absolute atomic E-state index is 2.41. The standard InChI is InChI=1S/C32H28N4P2/c1-2-18-33(17-1)37(34-19-3-4-20-34)29-13-9-11-26-25-15-16-28(31(26)29)32-27(25)12-10-14-30(32)38(35-21-5-6-22-35)36-23-7-8-24-36/h1-14,17-25,28H,15-16H2. The van der Waals surface area contributed by atoms with Gasteiger partial charge in [-0.15, -0.1) is 0 Å². The molecule has 0 saturated heterocycles. The Morgan fingerprint density at radius 1 is 0.421 bits per heavy atom. The average Bonchev–Trinajstić information content (AvgIpc) is 3.79. The first-order chi connectivity index (χ1) is 18.9. The van der Waals surface area contributed by atoms with Gasteiger partial charge in [0.1, 0.15) is 16.4 Å². The van der Waals surface area contributed by atoms with E-state index in [4.69, 9.17) is 0 Å². The Bertz CT molecular complexity index is 1490. The van der Waals surface area contributed by atoms with Crippen LogP contribution in [-0.2, 0) is 0 Å². The second-order valence-corrected chi connectivity index (χ2v) is 14.0. The first-order valence-corrected chi connectivity index (χ1v) is 15.8. The third kappa shape index (κ3) is 3.37. The molecule has 2 bridgehead atoms. The van der Waals surface area contributed by atoms with Crippen LogP contribution in [0, 0.1) is 0 Å². The molecule has 9 rings (SSSR count). The van der Waals surface area contributed by atoms with Crippen molar-refractivity contribution in [2.45, 2.75) is 24.7 Å². The number of nitrogens with zero attached hydrogens (tertiary/aromatic N) is 4. The van der Waals surface area contributed by atoms with Crippen LogP contribution in [0.25, 0.3) is 0 Å². The van der Waals surface area contributed by atoms with Crippen molar-refractivity contribution < 1.29 is 0 Å². The van der Waals surface area contributed by atoms with Crippen LogP contribution >= 0.6 is 16.4 Å². The van der Waals surface area contributed by atoms with Crippen LogP contribution in [0.2, 0.25) is 0 Å². The number of aromatic nitrogens is 4. The molecule has 2 aromatic carbocycles. The minimum Gasteiger partial charge on any atom is -0.312 e. The van der Waals surface area contributed by atoms with Crippen molar-refractivity contribution in [1.29, 1.82) is 0 Å². The number of rotatable bonds is 6. The molecule has 0 radical (unpaired) electrons. The Morgan fingerprint density at radius 3 is 1.13 bits per heavy atom. The van der Waals surface area contributed by atoms with Crippen LogP contribution in [0.5, 0.6) is 0 Å². The average molecular weight is 531 g/mol. The molecule has 38 heavy (non-hydrogen) atoms. The topological polar surface area (TPSA) is 19.7 Å². The summed E-state index contributed by atoms with van der Waals surface area (Å²) in [7, 11) is -1.51. The van der Waals surface area contributed by atoms with E-state index in [1.165, 1.54) is 23.5 Å². The van der Waals surface area contributed by atoms with E-state index in [0.29, 0.717) is 11.8 Å². The summed E-state index contributed by atoms with van der Waals surface area (Å²) >= 11 is 0. The highest BCUT2D eigenvalue weighted by molar-refractivity contribution is 7.63. The first-order valence-electron chi connectivity index (χ1n) is 13.3. The number of hydrogen-bond acceptors (Lipinski definition) is 0. The molecule has 0 fully saturated rings. The molecule has 3 aliphatic carbocycles. The quantitative estimate of drug-likeness (QED) is 0.201. The Balaban J connectivity index is 1.35. The SMILES string of the molecule is c1cc2c(c(P(n3cccc3)n3cccc3)c1)C1CCC2c2cccc(P(n3cccc3)n3cccc3)c21. The maximum Gasteiger partial charge on any atom is 0.136 e. The Hall–Kier alpha value is -3.58. The molecule has 186 valence electrons. The lowest BCUT2D eigenvalue weighted by Gasteiger charge is -2.44. The monoisotopic (exact) mass is 530 g/mol. The van der Waals surface area contributed by atoms with Crippen LogP contribution in [0.4, 0.5) is 0 Å². The van der Waals surface area contributed by atoms with E-state index in [2.05, 4.69) is 152 Å². The van der Waals surface area contributed by atoms with E-state index in [-0.39, 0.29) is 0 Å². The van der Waals surface area contributed by atoms with Gasteiger partial charge in [0.25, 0.3) is 0 Å². The molecule has 0 amide bonds. The molecule has 4 heterocycles. The zero-order chi connectivity index (χ0) is 25.1. The summed E-state index contributed by atoms with van der Waals surface area (Å²) in [5.41, 5.74) is 6.24. The third-order valence-corrected chi connectivity index (χ3v) is 12.5. The Labute approximate surface area is 225 Å². The summed E-state index contributed by atoms with van der Waals surface area (Å²) in [5.74, 6) is 0.867. The fourth-order valence-electron chi connectivity index (χ4n) is 6.64. The van der Waals surface area contributed by atoms with Gasteiger partial charge in [-0.3, -0.25) is 0 Å². The molecule has 0 saturated carbocycles. The smallest absolute Gasteiger partial charge is 0.136 e. The zero-order valence-electron chi connectivity index (χ0n) is 21.0. The van der Waals surface area contributed by atoms with Gasteiger partial charge in [0.2, 0.25) is 0 Å². The molecule has 4 aromatic heterocycles. The van der Waals surface area contributed by atoms with Gasteiger partial charge >= 0.3 is 0 Å². The minimum atomic E-state index is -0.757. The maximum atomic E-state index is 2.41. The first kappa shape index (κ1) is 22.4. The van der Waals surface area contributed by atoms with Gasteiger partial charge in [-0.25, -0.2) is 0 Å². The fourth-order valence-corrected chi connectivity index (χ4v) is 11.2. The third-order valence-electron chi connectivity index (χ3n) is 8.09. The lowest BCUT2D eigenvalue weighted by Crippen LogP contribution is -2.35. The van der Waals surface area contributed by atoms with Crippen molar-refractivity contribution in [3.8, 4) is 0 Å². The Morgan fingerprint density at radius 2 is 0.763 bits per heavy atom. The second kappa shape index (κ2) is 9.02. The molecule has 0 N–H and O–H groups in total. The van der Waals surface area contributed by atoms with Crippen molar-refractivity contribution in [1.82, 2.24) is 17.4 Å². The predicted molar refractivity (Wildman–Crippen MR) is 158 cm³/mol. The normalized spacial score (nSPS) is 17.7. The van der Waals surface area contributed by atoms with E-state index in [1.807, 2.05) is 0 Å². The van der Waals surface area contributed by atoms with Crippen molar-refractivity contribution >= 4 is 27.1 Å². The van der Waals surface area contributed by atoms with E-state index < -0.39 is 16.4 Å². The molecule has 4 nitrogen and oxygen atoms in total. The van der Waals surface area contributed by atoms with Crippen molar-refractivity contribution in [3.05, 3.63) is 157 Å². The molecule has 6 heteroatoms. The summed E-state index contributed by atoms with van der Waals surface area (Å²) in [5, 5.41) is 2.96. The lowest BCUT2D eigenvalue weighted by molar-refractivity contribution is 0.524. The minimum absolute atomic E-state index is 0.407. The summed E-state index contributed by atoms with van der Waals surface area (Å²) < 4.78 is 9.64. The summed E-state index contributed by atoms with van der Waals surface area (Å²) in [6.07, 6.45) is 20.2. The van der Waals surface area contributed by atoms with E-state index in [0.717, 1.165) is 0 Å². The van der Waals surface area contributed by atoms with Crippen LogP contribution in [-0.4, -0.2) is 17.4 Å². The molecule has 0 spiro atoms. The van der Waals surface area contributed by atoms with Crippen molar-refractivity contribution in [2.24, 2.45) is 0 Å². The van der Waals surface area contributed by atoms with Crippen LogP contribution < -0.4 is 10.6 Å². The fraction of sp³-hybridized carbons (Fsp3) is 0.125. The summed E-state index contributed by atoms with van der Waals surface area (Å²) in [6, 6.07) is 31.4. The van der Waals surface area contributed by atoms with Crippen LogP contribution in [0.3, 0.4) is 0 Å². The van der Waals surface area contributed by atoms with Gasteiger partial charge < -0.3 is 17.4 Å². The molecular weight excluding hydrogens is 502 g/mol. The van der Waals surface area contributed by atoms with E-state index in [1.54, 1.807) is 22.3 Å². The second-order valence-electron chi connectivity index (χ2n) is 10.1. The molecule has 0 aliphatic heterocycles. The molecular formula is C32H28N4P2. The highest BCUT2D eigenvalue weighted by atomic mass is 31.1. The van der Waals surface area contributed by atoms with E-state index in [9.17, 15) is 0 Å². The van der Waals surface area contributed by atoms with Crippen molar-refractivity contribution in [3.63, 3.8) is 0 Å². The molecule has 6 aromatic rings. The van der Waals surface area contributed by atoms with Crippen molar-refractivity contribution in [2.75, 3.05) is 0 Å².